The van der Waals surface area contributed by atoms with Crippen LogP contribution in [0.2, 0.25) is 0 Å². The molecule has 34 heavy (non-hydrogen) atoms. The minimum absolute atomic E-state index is 0.0735. The molecule has 0 radical (unpaired) electrons. The van der Waals surface area contributed by atoms with E-state index in [0.717, 1.165) is 31.8 Å². The van der Waals surface area contributed by atoms with Crippen LogP contribution in [0.1, 0.15) is 18.5 Å². The smallest absolute Gasteiger partial charge is 0.238 e. The Kier molecular flexibility index (Phi) is 5.82. The predicted octanol–water partition coefficient (Wildman–Crippen LogP) is 5.24. The number of primary sulfonamides is 1. The second-order valence-corrected chi connectivity index (χ2v) is 10.4. The maximum absolute atomic E-state index is 11.8. The lowest BCUT2D eigenvalue weighted by Gasteiger charge is -2.17. The van der Waals surface area contributed by atoms with E-state index in [1.54, 1.807) is 35.9 Å². The predicted molar refractivity (Wildman–Crippen MR) is 136 cm³/mol. The quantitative estimate of drug-likeness (QED) is 0.339. The Morgan fingerprint density at radius 3 is 2.47 bits per heavy atom. The van der Waals surface area contributed by atoms with Gasteiger partial charge in [0.1, 0.15) is 10.6 Å². The van der Waals surface area contributed by atoms with E-state index >= 15 is 0 Å². The van der Waals surface area contributed by atoms with E-state index in [9.17, 15) is 8.42 Å². The van der Waals surface area contributed by atoms with Gasteiger partial charge in [-0.2, -0.15) is 0 Å². The SMILES string of the molecule is CC(Nc1nc(-c2cccnc2)nc2sc(-c3ccccc3)cc12)c1cccc(S(N)(=O)=O)c1. The number of hydrogen-bond donors (Lipinski definition) is 2. The lowest BCUT2D eigenvalue weighted by molar-refractivity contribution is 0.597. The molecule has 3 N–H and O–H groups in total. The maximum Gasteiger partial charge on any atom is 0.238 e. The first-order valence-corrected chi connectivity index (χ1v) is 12.9. The molecular weight excluding hydrogens is 466 g/mol. The molecule has 0 saturated carbocycles. The van der Waals surface area contributed by atoms with Crippen LogP contribution < -0.4 is 10.5 Å². The third-order valence-corrected chi connectivity index (χ3v) is 7.40. The Hall–Kier alpha value is -3.66. The van der Waals surface area contributed by atoms with E-state index < -0.39 is 10.0 Å². The van der Waals surface area contributed by atoms with Gasteiger partial charge in [0.05, 0.1) is 16.3 Å². The van der Waals surface area contributed by atoms with Gasteiger partial charge in [-0.25, -0.2) is 23.5 Å². The number of hydrogen-bond acceptors (Lipinski definition) is 7. The second-order valence-electron chi connectivity index (χ2n) is 7.82. The lowest BCUT2D eigenvalue weighted by atomic mass is 10.1. The summed E-state index contributed by atoms with van der Waals surface area (Å²) < 4.78 is 23.6. The molecule has 1 atom stereocenters. The Labute approximate surface area is 201 Å². The van der Waals surface area contributed by atoms with Crippen LogP contribution in [0.5, 0.6) is 0 Å². The number of thiophene rings is 1. The summed E-state index contributed by atoms with van der Waals surface area (Å²) in [6.45, 7) is 1.95. The fourth-order valence-electron chi connectivity index (χ4n) is 3.65. The van der Waals surface area contributed by atoms with Crippen LogP contribution in [0.4, 0.5) is 5.82 Å². The van der Waals surface area contributed by atoms with E-state index in [-0.39, 0.29) is 10.9 Å². The van der Waals surface area contributed by atoms with Crippen LogP contribution in [0, 0.1) is 0 Å². The van der Waals surface area contributed by atoms with Gasteiger partial charge in [0.15, 0.2) is 5.82 Å². The molecule has 0 bridgehead atoms. The van der Waals surface area contributed by atoms with Crippen LogP contribution in [0.15, 0.2) is 90.1 Å². The van der Waals surface area contributed by atoms with Gasteiger partial charge in [-0.1, -0.05) is 42.5 Å². The number of benzene rings is 2. The molecule has 0 aliphatic rings. The summed E-state index contributed by atoms with van der Waals surface area (Å²) in [6, 6.07) is 22.3. The van der Waals surface area contributed by atoms with Gasteiger partial charge in [0.2, 0.25) is 10.0 Å². The fourth-order valence-corrected chi connectivity index (χ4v) is 5.25. The van der Waals surface area contributed by atoms with E-state index in [0.29, 0.717) is 11.6 Å². The van der Waals surface area contributed by atoms with E-state index in [2.05, 4.69) is 28.5 Å². The molecule has 0 aliphatic carbocycles. The minimum Gasteiger partial charge on any atom is -0.363 e. The highest BCUT2D eigenvalue weighted by molar-refractivity contribution is 7.89. The molecule has 3 aromatic heterocycles. The summed E-state index contributed by atoms with van der Waals surface area (Å²) in [5.41, 5.74) is 2.69. The fraction of sp³-hybridized carbons (Fsp3) is 0.0800. The third-order valence-electron chi connectivity index (χ3n) is 5.41. The zero-order valence-electron chi connectivity index (χ0n) is 18.2. The van der Waals surface area contributed by atoms with Gasteiger partial charge in [0.25, 0.3) is 0 Å². The number of anilines is 1. The minimum atomic E-state index is -3.80. The summed E-state index contributed by atoms with van der Waals surface area (Å²) in [7, 11) is -3.80. The second kappa shape index (κ2) is 8.94. The van der Waals surface area contributed by atoms with Crippen molar-refractivity contribution in [3.63, 3.8) is 0 Å². The Morgan fingerprint density at radius 2 is 1.74 bits per heavy atom. The summed E-state index contributed by atoms with van der Waals surface area (Å²) >= 11 is 1.59. The topological polar surface area (TPSA) is 111 Å². The molecule has 2 aromatic carbocycles. The molecule has 5 rings (SSSR count). The van der Waals surface area contributed by atoms with Crippen molar-refractivity contribution in [1.82, 2.24) is 15.0 Å². The zero-order chi connectivity index (χ0) is 23.7. The van der Waals surface area contributed by atoms with Crippen molar-refractivity contribution in [2.24, 2.45) is 5.14 Å². The maximum atomic E-state index is 11.8. The molecule has 0 saturated heterocycles. The molecule has 0 fully saturated rings. The monoisotopic (exact) mass is 487 g/mol. The first-order chi connectivity index (χ1) is 16.4. The first-order valence-electron chi connectivity index (χ1n) is 10.6. The highest BCUT2D eigenvalue weighted by Gasteiger charge is 2.17. The number of nitrogens with one attached hydrogen (secondary N) is 1. The largest absolute Gasteiger partial charge is 0.363 e. The number of rotatable bonds is 6. The van der Waals surface area contributed by atoms with Gasteiger partial charge < -0.3 is 5.32 Å². The molecule has 0 aliphatic heterocycles. The van der Waals surface area contributed by atoms with Crippen molar-refractivity contribution < 1.29 is 8.42 Å². The van der Waals surface area contributed by atoms with Gasteiger partial charge in [-0.15, -0.1) is 11.3 Å². The summed E-state index contributed by atoms with van der Waals surface area (Å²) in [6.07, 6.45) is 3.44. The average molecular weight is 488 g/mol. The van der Waals surface area contributed by atoms with Crippen molar-refractivity contribution in [3.05, 3.63) is 90.8 Å². The van der Waals surface area contributed by atoms with Gasteiger partial charge in [-0.3, -0.25) is 4.98 Å². The zero-order valence-corrected chi connectivity index (χ0v) is 19.8. The van der Waals surface area contributed by atoms with Crippen LogP contribution in [0.25, 0.3) is 32.0 Å². The molecule has 3 heterocycles. The number of aromatic nitrogens is 3. The standard InChI is InChI=1S/C25H21N5O2S2/c1-16(18-9-5-11-20(13-18)34(26,31)32)28-24-21-14-22(17-7-3-2-4-8-17)33-25(21)30-23(29-24)19-10-6-12-27-15-19/h2-16H,1H3,(H2,26,31,32)(H,28,29,30). The van der Waals surface area contributed by atoms with E-state index in [1.807, 2.05) is 43.3 Å². The molecule has 1 unspecified atom stereocenters. The highest BCUT2D eigenvalue weighted by Crippen LogP contribution is 2.37. The molecule has 9 heteroatoms. The molecule has 0 amide bonds. The average Bonchev–Trinajstić information content (AvgIpc) is 3.29. The van der Waals surface area contributed by atoms with Crippen LogP contribution in [0.3, 0.4) is 0 Å². The van der Waals surface area contributed by atoms with Crippen molar-refractivity contribution >= 4 is 37.4 Å². The number of nitrogens with two attached hydrogens (primary N) is 1. The lowest BCUT2D eigenvalue weighted by Crippen LogP contribution is -2.14. The Balaban J connectivity index is 1.60. The van der Waals surface area contributed by atoms with Gasteiger partial charge in [-0.05, 0) is 48.4 Å². The van der Waals surface area contributed by atoms with E-state index in [1.165, 1.54) is 6.07 Å². The van der Waals surface area contributed by atoms with Crippen molar-refractivity contribution in [2.45, 2.75) is 17.9 Å². The first kappa shape index (κ1) is 22.1. The van der Waals surface area contributed by atoms with Gasteiger partial charge in [0, 0.05) is 22.8 Å². The van der Waals surface area contributed by atoms with Crippen molar-refractivity contribution in [3.8, 4) is 21.8 Å². The summed E-state index contributed by atoms with van der Waals surface area (Å²) in [5, 5.41) is 9.67. The Morgan fingerprint density at radius 1 is 0.941 bits per heavy atom. The molecule has 170 valence electrons. The highest BCUT2D eigenvalue weighted by atomic mass is 32.2. The van der Waals surface area contributed by atoms with Crippen LogP contribution >= 0.6 is 11.3 Å². The van der Waals surface area contributed by atoms with Crippen LogP contribution in [-0.2, 0) is 10.0 Å². The summed E-state index contributed by atoms with van der Waals surface area (Å²) in [4.78, 5) is 15.8. The van der Waals surface area contributed by atoms with Crippen molar-refractivity contribution in [2.75, 3.05) is 5.32 Å². The van der Waals surface area contributed by atoms with E-state index in [4.69, 9.17) is 15.1 Å². The molecule has 7 nitrogen and oxygen atoms in total. The normalized spacial score (nSPS) is 12.5. The van der Waals surface area contributed by atoms with Gasteiger partial charge >= 0.3 is 0 Å². The van der Waals surface area contributed by atoms with Crippen LogP contribution in [-0.4, -0.2) is 23.4 Å². The number of fused-ring (bicyclic) bond motifs is 1. The number of nitrogens with zero attached hydrogens (tertiary/aromatic N) is 3. The molecule has 0 spiro atoms. The van der Waals surface area contributed by atoms with Crippen molar-refractivity contribution in [1.29, 1.82) is 0 Å². The molecular formula is C25H21N5O2S2. The third kappa shape index (κ3) is 4.54. The summed E-state index contributed by atoms with van der Waals surface area (Å²) in [5.74, 6) is 1.23. The number of sulfonamides is 1. The Bertz CT molecular complexity index is 1570. The number of pyridine rings is 1. The molecule has 5 aromatic rings.